The van der Waals surface area contributed by atoms with E-state index in [9.17, 15) is 4.79 Å². The molecule has 0 aromatic heterocycles. The van der Waals surface area contributed by atoms with Crippen molar-refractivity contribution in [1.82, 2.24) is 0 Å². The summed E-state index contributed by atoms with van der Waals surface area (Å²) in [5, 5.41) is 0. The summed E-state index contributed by atoms with van der Waals surface area (Å²) < 4.78 is 76.3. The molecule has 0 aliphatic carbocycles. The molecule has 0 bridgehead atoms. The van der Waals surface area contributed by atoms with Crippen LogP contribution in [0.3, 0.4) is 0 Å². The van der Waals surface area contributed by atoms with Gasteiger partial charge < -0.3 is 66.3 Å². The molecule has 0 N–H and O–H groups in total. The zero-order valence-corrected chi connectivity index (χ0v) is 37.6. The molecule has 0 aromatic carbocycles. The fourth-order valence-corrected chi connectivity index (χ4v) is 5.35. The summed E-state index contributed by atoms with van der Waals surface area (Å²) in [6, 6.07) is 0. The molecule has 15 nitrogen and oxygen atoms in total. The Hall–Kier alpha value is -1.05. The predicted octanol–water partition coefficient (Wildman–Crippen LogP) is 6.25. The van der Waals surface area contributed by atoms with Crippen LogP contribution in [0.25, 0.3) is 0 Å². The molecule has 0 radical (unpaired) electrons. The van der Waals surface area contributed by atoms with Gasteiger partial charge in [-0.2, -0.15) is 0 Å². The topological polar surface area (TPSA) is 146 Å². The van der Waals surface area contributed by atoms with Crippen molar-refractivity contribution in [1.29, 1.82) is 0 Å². The molecule has 0 aromatic rings. The van der Waals surface area contributed by atoms with Crippen LogP contribution in [-0.2, 0) is 71.1 Å². The minimum Gasteiger partial charge on any atom is -0.466 e. The SMILES string of the molecule is CCCCCCCCCCCCCCCOCCOCCOCCOCCOCCOCCOCCOCCOCCOCCOCCOCCOCCC(=O)OCC. The maximum absolute atomic E-state index is 11.2. The van der Waals surface area contributed by atoms with E-state index in [1.54, 1.807) is 6.92 Å². The highest BCUT2D eigenvalue weighted by Gasteiger charge is 2.01. The Morgan fingerprint density at radius 1 is 0.254 bits per heavy atom. The summed E-state index contributed by atoms with van der Waals surface area (Å²) in [7, 11) is 0. The first-order chi connectivity index (χ1) is 29.3. The van der Waals surface area contributed by atoms with E-state index in [0.717, 1.165) is 13.0 Å². The molecule has 0 saturated carbocycles. The van der Waals surface area contributed by atoms with E-state index in [2.05, 4.69) is 6.92 Å². The summed E-state index contributed by atoms with van der Waals surface area (Å²) >= 11 is 0. The molecule has 0 spiro atoms. The number of hydrogen-bond donors (Lipinski definition) is 0. The summed E-state index contributed by atoms with van der Waals surface area (Å²) in [6.07, 6.45) is 18.0. The largest absolute Gasteiger partial charge is 0.466 e. The average molecular weight is 857 g/mol. The second kappa shape index (κ2) is 55.0. The summed E-state index contributed by atoms with van der Waals surface area (Å²) in [4.78, 5) is 11.2. The van der Waals surface area contributed by atoms with E-state index in [1.807, 2.05) is 0 Å². The Kier molecular flexibility index (Phi) is 54.0. The second-order valence-electron chi connectivity index (χ2n) is 13.8. The van der Waals surface area contributed by atoms with E-state index in [-0.39, 0.29) is 12.4 Å². The van der Waals surface area contributed by atoms with E-state index in [4.69, 9.17) is 66.3 Å². The summed E-state index contributed by atoms with van der Waals surface area (Å²) in [5.41, 5.74) is 0. The van der Waals surface area contributed by atoms with Crippen molar-refractivity contribution in [2.75, 3.05) is 178 Å². The highest BCUT2D eigenvalue weighted by molar-refractivity contribution is 5.69. The zero-order valence-electron chi connectivity index (χ0n) is 37.6. The van der Waals surface area contributed by atoms with Crippen molar-refractivity contribution in [3.63, 3.8) is 0 Å². The van der Waals surface area contributed by atoms with Crippen LogP contribution in [0, 0.1) is 0 Å². The van der Waals surface area contributed by atoms with Gasteiger partial charge in [-0.3, -0.25) is 4.79 Å². The van der Waals surface area contributed by atoms with Crippen LogP contribution in [0.4, 0.5) is 0 Å². The van der Waals surface area contributed by atoms with Crippen molar-refractivity contribution in [3.05, 3.63) is 0 Å². The molecule has 0 aliphatic heterocycles. The van der Waals surface area contributed by atoms with Gasteiger partial charge in [-0.15, -0.1) is 0 Å². The van der Waals surface area contributed by atoms with Gasteiger partial charge in [0.1, 0.15) is 0 Å². The van der Waals surface area contributed by atoms with Crippen molar-refractivity contribution < 1.29 is 71.1 Å². The predicted molar refractivity (Wildman–Crippen MR) is 228 cm³/mol. The average Bonchev–Trinajstić information content (AvgIpc) is 3.24. The standard InChI is InChI=1S/C44H88O15/c1-3-5-6-7-8-9-10-11-12-13-14-15-16-18-46-20-22-48-24-26-50-28-30-52-32-34-54-36-38-56-40-42-58-43-41-57-39-37-55-35-33-53-31-29-51-27-25-49-23-21-47-19-17-44(45)59-4-2/h3-43H2,1-2H3. The maximum Gasteiger partial charge on any atom is 0.308 e. The summed E-state index contributed by atoms with van der Waals surface area (Å²) in [6.45, 7) is 17.9. The van der Waals surface area contributed by atoms with Crippen LogP contribution in [0.5, 0.6) is 0 Å². The van der Waals surface area contributed by atoms with Gasteiger partial charge in [0.15, 0.2) is 0 Å². The fourth-order valence-electron chi connectivity index (χ4n) is 5.35. The third kappa shape index (κ3) is 54.9. The monoisotopic (exact) mass is 857 g/mol. The lowest BCUT2D eigenvalue weighted by Crippen LogP contribution is -2.15. The Morgan fingerprint density at radius 2 is 0.458 bits per heavy atom. The van der Waals surface area contributed by atoms with Crippen LogP contribution in [0.15, 0.2) is 0 Å². The first kappa shape index (κ1) is 58.0. The number of hydrogen-bond acceptors (Lipinski definition) is 15. The van der Waals surface area contributed by atoms with Gasteiger partial charge in [0.2, 0.25) is 0 Å². The smallest absolute Gasteiger partial charge is 0.308 e. The molecule has 0 amide bonds. The van der Waals surface area contributed by atoms with Gasteiger partial charge in [-0.1, -0.05) is 84.0 Å². The third-order valence-corrected chi connectivity index (χ3v) is 8.61. The quantitative estimate of drug-likeness (QED) is 0.0502. The molecule has 0 aliphatic rings. The Balaban J connectivity index is 3.07. The van der Waals surface area contributed by atoms with Gasteiger partial charge in [0.05, 0.1) is 178 Å². The number of esters is 1. The molecule has 0 fully saturated rings. The number of ether oxygens (including phenoxy) is 14. The molecule has 0 unspecified atom stereocenters. The van der Waals surface area contributed by atoms with Crippen molar-refractivity contribution in [2.45, 2.75) is 104 Å². The Bertz CT molecular complexity index is 768. The lowest BCUT2D eigenvalue weighted by Gasteiger charge is -2.09. The number of rotatable bonds is 54. The van der Waals surface area contributed by atoms with Crippen LogP contribution in [-0.4, -0.2) is 184 Å². The third-order valence-electron chi connectivity index (χ3n) is 8.61. The molecule has 15 heteroatoms. The molecule has 0 rings (SSSR count). The molecule has 59 heavy (non-hydrogen) atoms. The van der Waals surface area contributed by atoms with Crippen LogP contribution in [0.1, 0.15) is 104 Å². The van der Waals surface area contributed by atoms with Gasteiger partial charge in [-0.05, 0) is 13.3 Å². The van der Waals surface area contributed by atoms with Crippen molar-refractivity contribution >= 4 is 5.97 Å². The summed E-state index contributed by atoms with van der Waals surface area (Å²) in [5.74, 6) is -0.250. The first-order valence-corrected chi connectivity index (χ1v) is 23.0. The van der Waals surface area contributed by atoms with Crippen LogP contribution in [0.2, 0.25) is 0 Å². The zero-order chi connectivity index (χ0) is 42.5. The maximum atomic E-state index is 11.2. The highest BCUT2D eigenvalue weighted by atomic mass is 16.6. The van der Waals surface area contributed by atoms with Gasteiger partial charge in [0, 0.05) is 6.61 Å². The Morgan fingerprint density at radius 3 is 0.695 bits per heavy atom. The number of carbonyl (C=O) groups excluding carboxylic acids is 1. The van der Waals surface area contributed by atoms with Crippen LogP contribution >= 0.6 is 0 Å². The van der Waals surface area contributed by atoms with Crippen molar-refractivity contribution in [3.8, 4) is 0 Å². The van der Waals surface area contributed by atoms with Crippen LogP contribution < -0.4 is 0 Å². The van der Waals surface area contributed by atoms with E-state index >= 15 is 0 Å². The molecule has 0 heterocycles. The highest BCUT2D eigenvalue weighted by Crippen LogP contribution is 2.12. The molecule has 354 valence electrons. The minimum absolute atomic E-state index is 0.250. The van der Waals surface area contributed by atoms with Gasteiger partial charge in [0.25, 0.3) is 0 Å². The normalized spacial score (nSPS) is 11.6. The second-order valence-corrected chi connectivity index (χ2v) is 13.8. The van der Waals surface area contributed by atoms with E-state index in [0.29, 0.717) is 172 Å². The minimum atomic E-state index is -0.250. The van der Waals surface area contributed by atoms with Crippen molar-refractivity contribution in [2.24, 2.45) is 0 Å². The first-order valence-electron chi connectivity index (χ1n) is 23.0. The molecule has 0 saturated heterocycles. The van der Waals surface area contributed by atoms with Gasteiger partial charge in [-0.25, -0.2) is 0 Å². The molecular weight excluding hydrogens is 768 g/mol. The molecular formula is C44H88O15. The molecule has 0 atom stereocenters. The van der Waals surface area contributed by atoms with E-state index in [1.165, 1.54) is 77.0 Å². The fraction of sp³-hybridized carbons (Fsp3) is 0.977. The lowest BCUT2D eigenvalue weighted by molar-refractivity contribution is -0.144. The lowest BCUT2D eigenvalue weighted by atomic mass is 10.0. The number of carbonyl (C=O) groups is 1. The number of unbranched alkanes of at least 4 members (excludes halogenated alkanes) is 12. The van der Waals surface area contributed by atoms with Gasteiger partial charge >= 0.3 is 5.97 Å². The Labute approximate surface area is 358 Å². The van der Waals surface area contributed by atoms with E-state index < -0.39 is 0 Å².